The first-order valence-electron chi connectivity index (χ1n) is 3.62. The number of anilines is 1. The molecule has 1 aromatic carbocycles. The number of carbonyl (C=O) groups is 1. The van der Waals surface area contributed by atoms with Gasteiger partial charge in [-0.3, -0.25) is 0 Å². The Morgan fingerprint density at radius 1 is 1.50 bits per heavy atom. The maximum atomic E-state index is 10.6. The van der Waals surface area contributed by atoms with Crippen LogP contribution in [0.25, 0.3) is 0 Å². The molecule has 0 saturated carbocycles. The van der Waals surface area contributed by atoms with Crippen LogP contribution in [-0.2, 0) is 6.54 Å². The predicted molar refractivity (Wildman–Crippen MR) is 43.9 cm³/mol. The first-order valence-corrected chi connectivity index (χ1v) is 3.62. The fourth-order valence-electron chi connectivity index (χ4n) is 1.21. The van der Waals surface area contributed by atoms with Gasteiger partial charge in [-0.1, -0.05) is 6.07 Å². The number of rotatable bonds is 1. The molecular weight excluding hydrogens is 156 g/mol. The maximum absolute atomic E-state index is 10.6. The van der Waals surface area contributed by atoms with E-state index >= 15 is 0 Å². The zero-order chi connectivity index (χ0) is 8.55. The molecule has 2 rings (SSSR count). The Morgan fingerprint density at radius 3 is 3.08 bits per heavy atom. The van der Waals surface area contributed by atoms with Crippen molar-refractivity contribution in [3.63, 3.8) is 0 Å². The first-order chi connectivity index (χ1) is 5.77. The van der Waals surface area contributed by atoms with Gasteiger partial charge in [0.1, 0.15) is 0 Å². The molecule has 0 amide bonds. The summed E-state index contributed by atoms with van der Waals surface area (Å²) in [6, 6.07) is 5.04. The molecule has 0 aliphatic carbocycles. The quantitative estimate of drug-likeness (QED) is 0.575. The van der Waals surface area contributed by atoms with Crippen molar-refractivity contribution in [3.05, 3.63) is 29.3 Å². The van der Waals surface area contributed by atoms with Gasteiger partial charge >= 0.3 is 5.97 Å². The van der Waals surface area contributed by atoms with Gasteiger partial charge < -0.3 is 10.5 Å². The number of hydrogen-bond donors (Lipinski definition) is 3. The van der Waals surface area contributed by atoms with E-state index in [-0.39, 0.29) is 0 Å². The second-order valence-electron chi connectivity index (χ2n) is 2.66. The Labute approximate surface area is 69.2 Å². The Morgan fingerprint density at radius 2 is 2.33 bits per heavy atom. The van der Waals surface area contributed by atoms with E-state index in [0.717, 1.165) is 17.8 Å². The Kier molecular flexibility index (Phi) is 1.48. The third-order valence-electron chi connectivity index (χ3n) is 1.86. The summed E-state index contributed by atoms with van der Waals surface area (Å²) in [7, 11) is 0. The van der Waals surface area contributed by atoms with Crippen LogP contribution in [0.4, 0.5) is 5.69 Å². The van der Waals surface area contributed by atoms with E-state index in [0.29, 0.717) is 5.56 Å². The molecule has 12 heavy (non-hydrogen) atoms. The maximum Gasteiger partial charge on any atom is 0.335 e. The number of benzene rings is 1. The summed E-state index contributed by atoms with van der Waals surface area (Å²) in [4.78, 5) is 10.6. The van der Waals surface area contributed by atoms with Crippen molar-refractivity contribution in [3.8, 4) is 0 Å². The Hall–Kier alpha value is -1.55. The number of fused-ring (bicyclic) bond motifs is 1. The van der Waals surface area contributed by atoms with Crippen LogP contribution in [0.1, 0.15) is 15.9 Å². The van der Waals surface area contributed by atoms with Gasteiger partial charge in [0, 0.05) is 6.54 Å². The van der Waals surface area contributed by atoms with Gasteiger partial charge in [-0.15, -0.1) is 0 Å². The Bertz CT molecular complexity index is 336. The lowest BCUT2D eigenvalue weighted by Crippen LogP contribution is -2.11. The standard InChI is InChI=1S/C8H8N2O2/c11-8(12)5-1-2-6-4-9-10-7(6)3-5/h1-3,9-10H,4H2,(H,11,12). The van der Waals surface area contributed by atoms with Gasteiger partial charge in [0.25, 0.3) is 0 Å². The fourth-order valence-corrected chi connectivity index (χ4v) is 1.21. The molecule has 1 aromatic rings. The summed E-state index contributed by atoms with van der Waals surface area (Å²) in [6.45, 7) is 0.745. The molecule has 1 heterocycles. The molecule has 0 saturated heterocycles. The van der Waals surface area contributed by atoms with Gasteiger partial charge in [0.05, 0.1) is 11.3 Å². The van der Waals surface area contributed by atoms with Crippen LogP contribution in [0, 0.1) is 0 Å². The highest BCUT2D eigenvalue weighted by Crippen LogP contribution is 2.20. The summed E-state index contributed by atoms with van der Waals surface area (Å²) in [5.41, 5.74) is 8.06. The van der Waals surface area contributed by atoms with Crippen LogP contribution in [0.3, 0.4) is 0 Å². The van der Waals surface area contributed by atoms with Crippen molar-refractivity contribution in [1.29, 1.82) is 0 Å². The number of carboxylic acids is 1. The van der Waals surface area contributed by atoms with E-state index in [1.54, 1.807) is 12.1 Å². The molecule has 0 bridgehead atoms. The van der Waals surface area contributed by atoms with E-state index in [1.807, 2.05) is 6.07 Å². The summed E-state index contributed by atoms with van der Waals surface area (Å²) in [5.74, 6) is -0.897. The SMILES string of the molecule is O=C(O)c1ccc2c(c1)NNC2. The third-order valence-corrected chi connectivity index (χ3v) is 1.86. The first kappa shape index (κ1) is 7.12. The van der Waals surface area contributed by atoms with Crippen molar-refractivity contribution >= 4 is 11.7 Å². The lowest BCUT2D eigenvalue weighted by atomic mass is 10.1. The van der Waals surface area contributed by atoms with Crippen LogP contribution in [-0.4, -0.2) is 11.1 Å². The van der Waals surface area contributed by atoms with E-state index < -0.39 is 5.97 Å². The lowest BCUT2D eigenvalue weighted by Gasteiger charge is -1.99. The van der Waals surface area contributed by atoms with Gasteiger partial charge in [-0.05, 0) is 17.7 Å². The molecule has 0 spiro atoms. The molecule has 1 aliphatic heterocycles. The largest absolute Gasteiger partial charge is 0.478 e. The van der Waals surface area contributed by atoms with Gasteiger partial charge in [0.15, 0.2) is 0 Å². The van der Waals surface area contributed by atoms with Gasteiger partial charge in [-0.25, -0.2) is 10.2 Å². The monoisotopic (exact) mass is 164 g/mol. The molecule has 4 nitrogen and oxygen atoms in total. The summed E-state index contributed by atoms with van der Waals surface area (Å²) < 4.78 is 0. The number of carboxylic acid groups (broad SMARTS) is 1. The third kappa shape index (κ3) is 1.02. The number of hydrazine groups is 1. The minimum Gasteiger partial charge on any atom is -0.478 e. The normalized spacial score (nSPS) is 13.7. The molecule has 0 fully saturated rings. The van der Waals surface area contributed by atoms with Crippen molar-refractivity contribution in [2.24, 2.45) is 0 Å². The lowest BCUT2D eigenvalue weighted by molar-refractivity contribution is 0.0697. The minimum atomic E-state index is -0.897. The molecule has 0 atom stereocenters. The topological polar surface area (TPSA) is 61.4 Å². The zero-order valence-electron chi connectivity index (χ0n) is 6.29. The molecule has 0 radical (unpaired) electrons. The fraction of sp³-hybridized carbons (Fsp3) is 0.125. The molecule has 1 aliphatic rings. The van der Waals surface area contributed by atoms with Crippen molar-refractivity contribution in [2.45, 2.75) is 6.54 Å². The van der Waals surface area contributed by atoms with Crippen molar-refractivity contribution in [1.82, 2.24) is 5.43 Å². The highest BCUT2D eigenvalue weighted by Gasteiger charge is 2.11. The van der Waals surface area contributed by atoms with E-state index in [4.69, 9.17) is 5.11 Å². The van der Waals surface area contributed by atoms with E-state index in [2.05, 4.69) is 10.9 Å². The number of nitrogens with one attached hydrogen (secondary N) is 2. The van der Waals surface area contributed by atoms with E-state index in [9.17, 15) is 4.79 Å². The average molecular weight is 164 g/mol. The highest BCUT2D eigenvalue weighted by atomic mass is 16.4. The smallest absolute Gasteiger partial charge is 0.335 e. The highest BCUT2D eigenvalue weighted by molar-refractivity contribution is 5.89. The van der Waals surface area contributed by atoms with Crippen LogP contribution >= 0.6 is 0 Å². The summed E-state index contributed by atoms with van der Waals surface area (Å²) in [6.07, 6.45) is 0. The van der Waals surface area contributed by atoms with Crippen LogP contribution < -0.4 is 10.9 Å². The number of aromatic carboxylic acids is 1. The zero-order valence-corrected chi connectivity index (χ0v) is 6.29. The van der Waals surface area contributed by atoms with Crippen LogP contribution in [0.5, 0.6) is 0 Å². The van der Waals surface area contributed by atoms with Crippen LogP contribution in [0.15, 0.2) is 18.2 Å². The van der Waals surface area contributed by atoms with E-state index in [1.165, 1.54) is 0 Å². The van der Waals surface area contributed by atoms with Crippen LogP contribution in [0.2, 0.25) is 0 Å². The predicted octanol–water partition coefficient (Wildman–Crippen LogP) is 0.815. The number of hydrogen-bond acceptors (Lipinski definition) is 3. The minimum absolute atomic E-state index is 0.310. The second kappa shape index (κ2) is 2.49. The van der Waals surface area contributed by atoms with Gasteiger partial charge in [-0.2, -0.15) is 0 Å². The molecule has 0 unspecified atom stereocenters. The summed E-state index contributed by atoms with van der Waals surface area (Å²) in [5, 5.41) is 8.67. The second-order valence-corrected chi connectivity index (χ2v) is 2.66. The van der Waals surface area contributed by atoms with Gasteiger partial charge in [0.2, 0.25) is 0 Å². The molecule has 3 N–H and O–H groups in total. The molecular formula is C8H8N2O2. The molecule has 62 valence electrons. The Balaban J connectivity index is 2.45. The molecule has 4 heteroatoms. The van der Waals surface area contributed by atoms with Crippen molar-refractivity contribution in [2.75, 3.05) is 5.43 Å². The van der Waals surface area contributed by atoms with Crippen molar-refractivity contribution < 1.29 is 9.90 Å². The average Bonchev–Trinajstić information content (AvgIpc) is 2.49. The summed E-state index contributed by atoms with van der Waals surface area (Å²) >= 11 is 0. The molecule has 0 aromatic heterocycles.